The number of hydrogen-bond donors (Lipinski definition) is 3. The van der Waals surface area contributed by atoms with E-state index in [1.165, 1.54) is 15.6 Å². The van der Waals surface area contributed by atoms with E-state index in [0.29, 0.717) is 32.7 Å². The molecule has 32 heavy (non-hydrogen) atoms. The van der Waals surface area contributed by atoms with Crippen LogP contribution in [0.1, 0.15) is 0 Å². The topological polar surface area (TPSA) is 123 Å². The molecule has 10 nitrogen and oxygen atoms in total. The molecule has 0 aliphatic heterocycles. The molecule has 2 aromatic heterocycles. The summed E-state index contributed by atoms with van der Waals surface area (Å²) in [7, 11) is 1.68. The normalized spacial score (nSPS) is 10.7. The molecule has 2 heterocycles. The minimum Gasteiger partial charge on any atom is -0.324 e. The second-order valence-electron chi connectivity index (χ2n) is 6.86. The summed E-state index contributed by atoms with van der Waals surface area (Å²) in [6.07, 6.45) is 1.31. The Balaban J connectivity index is 1.42. The number of carbonyl (C=O) groups is 2. The fourth-order valence-electron chi connectivity index (χ4n) is 3.09. The van der Waals surface area contributed by atoms with Crippen molar-refractivity contribution >= 4 is 56.0 Å². The molecular weight excluding hydrogens is 478 g/mol. The van der Waals surface area contributed by atoms with Gasteiger partial charge in [-0.1, -0.05) is 24.3 Å². The van der Waals surface area contributed by atoms with Crippen LogP contribution in [0.25, 0.3) is 11.0 Å². The maximum Gasteiger partial charge on any atom is 0.323 e. The number of nitrogens with zero attached hydrogens (tertiary/aromatic N) is 4. The first kappa shape index (κ1) is 21.2. The number of para-hydroxylation sites is 1. The Labute approximate surface area is 190 Å². The SMILES string of the molecule is Cn1nc(Br)c2c(=O)n(CC(=O)Nc3cccc(NC(=O)Nc4ccccc4)c3)cnc21. The molecule has 2 aromatic carbocycles. The molecule has 0 saturated heterocycles. The van der Waals surface area contributed by atoms with Crippen molar-refractivity contribution in [3.63, 3.8) is 0 Å². The van der Waals surface area contributed by atoms with Crippen molar-refractivity contribution in [2.45, 2.75) is 6.54 Å². The van der Waals surface area contributed by atoms with Crippen LogP contribution < -0.4 is 21.5 Å². The van der Waals surface area contributed by atoms with Crippen LogP contribution in [0.2, 0.25) is 0 Å². The first-order chi connectivity index (χ1) is 15.4. The number of fused-ring (bicyclic) bond motifs is 1. The van der Waals surface area contributed by atoms with Crippen LogP contribution in [-0.2, 0) is 18.4 Å². The van der Waals surface area contributed by atoms with Crippen molar-refractivity contribution in [3.8, 4) is 0 Å². The zero-order valence-electron chi connectivity index (χ0n) is 16.9. The standard InChI is InChI=1S/C21H18BrN7O3/c1-28-19-17(18(22)27-28)20(31)29(12-23-19)11-16(30)24-14-8-5-9-15(10-14)26-21(32)25-13-6-3-2-4-7-13/h2-10,12H,11H2,1H3,(H,24,30)(H2,25,26,32). The average Bonchev–Trinajstić information content (AvgIpc) is 3.05. The van der Waals surface area contributed by atoms with Gasteiger partial charge >= 0.3 is 6.03 Å². The second-order valence-corrected chi connectivity index (χ2v) is 7.62. The Kier molecular flexibility index (Phi) is 5.99. The number of nitrogens with one attached hydrogen (secondary N) is 3. The molecule has 0 aliphatic rings. The molecule has 0 bridgehead atoms. The highest BCUT2D eigenvalue weighted by Crippen LogP contribution is 2.18. The third-order valence-electron chi connectivity index (χ3n) is 4.52. The summed E-state index contributed by atoms with van der Waals surface area (Å²) in [4.78, 5) is 41.6. The minimum atomic E-state index is -0.417. The Bertz CT molecular complexity index is 1370. The number of halogens is 1. The van der Waals surface area contributed by atoms with Crippen LogP contribution in [-0.4, -0.2) is 31.3 Å². The van der Waals surface area contributed by atoms with Gasteiger partial charge in [0.25, 0.3) is 5.56 Å². The zero-order chi connectivity index (χ0) is 22.7. The lowest BCUT2D eigenvalue weighted by molar-refractivity contribution is -0.116. The molecule has 3 amide bonds. The van der Waals surface area contributed by atoms with E-state index >= 15 is 0 Å². The first-order valence-corrected chi connectivity index (χ1v) is 10.3. The third-order valence-corrected chi connectivity index (χ3v) is 5.07. The molecule has 4 aromatic rings. The summed E-state index contributed by atoms with van der Waals surface area (Å²) in [5, 5.41) is 12.6. The summed E-state index contributed by atoms with van der Waals surface area (Å²) < 4.78 is 3.06. The molecule has 0 radical (unpaired) electrons. The van der Waals surface area contributed by atoms with Gasteiger partial charge in [-0.25, -0.2) is 14.5 Å². The average molecular weight is 496 g/mol. The molecule has 0 unspecified atom stereocenters. The molecule has 0 saturated carbocycles. The second kappa shape index (κ2) is 9.02. The lowest BCUT2D eigenvalue weighted by atomic mass is 10.2. The van der Waals surface area contributed by atoms with E-state index in [9.17, 15) is 14.4 Å². The van der Waals surface area contributed by atoms with Crippen LogP contribution in [0.4, 0.5) is 21.9 Å². The number of hydrogen-bond acceptors (Lipinski definition) is 5. The number of aryl methyl sites for hydroxylation is 1. The van der Waals surface area contributed by atoms with Gasteiger partial charge in [0.05, 0.1) is 0 Å². The van der Waals surface area contributed by atoms with Crippen molar-refractivity contribution in [2.24, 2.45) is 7.05 Å². The Morgan fingerprint density at radius 2 is 1.62 bits per heavy atom. The molecule has 0 fully saturated rings. The Hall–Kier alpha value is -3.99. The molecule has 0 spiro atoms. The highest BCUT2D eigenvalue weighted by molar-refractivity contribution is 9.10. The van der Waals surface area contributed by atoms with E-state index in [-0.39, 0.29) is 12.1 Å². The highest BCUT2D eigenvalue weighted by Gasteiger charge is 2.15. The predicted molar refractivity (Wildman–Crippen MR) is 125 cm³/mol. The number of urea groups is 1. The Morgan fingerprint density at radius 1 is 0.969 bits per heavy atom. The molecule has 0 atom stereocenters. The number of rotatable bonds is 5. The van der Waals surface area contributed by atoms with Crippen molar-refractivity contribution < 1.29 is 9.59 Å². The minimum absolute atomic E-state index is 0.227. The van der Waals surface area contributed by atoms with Crippen molar-refractivity contribution in [1.82, 2.24) is 19.3 Å². The van der Waals surface area contributed by atoms with Crippen LogP contribution >= 0.6 is 15.9 Å². The molecule has 4 rings (SSSR count). The monoisotopic (exact) mass is 495 g/mol. The third kappa shape index (κ3) is 4.67. The van der Waals surface area contributed by atoms with Gasteiger partial charge in [0.1, 0.15) is 22.9 Å². The molecular formula is C21H18BrN7O3. The van der Waals surface area contributed by atoms with Gasteiger partial charge < -0.3 is 16.0 Å². The zero-order valence-corrected chi connectivity index (χ0v) is 18.5. The van der Waals surface area contributed by atoms with Crippen molar-refractivity contribution in [3.05, 3.63) is 75.9 Å². The van der Waals surface area contributed by atoms with Gasteiger partial charge in [0.2, 0.25) is 5.91 Å². The summed E-state index contributed by atoms with van der Waals surface area (Å²) in [6.45, 7) is -0.227. The van der Waals surface area contributed by atoms with Crippen LogP contribution in [0.5, 0.6) is 0 Å². The fourth-order valence-corrected chi connectivity index (χ4v) is 3.68. The lowest BCUT2D eigenvalue weighted by Crippen LogP contribution is -2.28. The van der Waals surface area contributed by atoms with Gasteiger partial charge in [-0.05, 0) is 46.3 Å². The molecule has 0 aliphatic carbocycles. The van der Waals surface area contributed by atoms with Crippen LogP contribution in [0.3, 0.4) is 0 Å². The summed E-state index contributed by atoms with van der Waals surface area (Å²) in [5.74, 6) is -0.417. The first-order valence-electron chi connectivity index (χ1n) is 9.51. The number of benzene rings is 2. The summed E-state index contributed by atoms with van der Waals surface area (Å²) in [6, 6.07) is 15.3. The van der Waals surface area contributed by atoms with E-state index in [0.717, 1.165) is 0 Å². The number of aromatic nitrogens is 4. The van der Waals surface area contributed by atoms with E-state index in [1.807, 2.05) is 18.2 Å². The van der Waals surface area contributed by atoms with Crippen LogP contribution in [0, 0.1) is 0 Å². The number of amides is 3. The quantitative estimate of drug-likeness (QED) is 0.392. The van der Waals surface area contributed by atoms with Crippen molar-refractivity contribution in [1.29, 1.82) is 0 Å². The largest absolute Gasteiger partial charge is 0.324 e. The summed E-state index contributed by atoms with van der Waals surface area (Å²) >= 11 is 3.25. The molecule has 162 valence electrons. The van der Waals surface area contributed by atoms with Crippen LogP contribution in [0.15, 0.2) is 70.3 Å². The Morgan fingerprint density at radius 3 is 2.38 bits per heavy atom. The predicted octanol–water partition coefficient (Wildman–Crippen LogP) is 3.18. The maximum atomic E-state index is 12.7. The van der Waals surface area contributed by atoms with Crippen molar-refractivity contribution in [2.75, 3.05) is 16.0 Å². The highest BCUT2D eigenvalue weighted by atomic mass is 79.9. The van der Waals surface area contributed by atoms with Gasteiger partial charge in [-0.3, -0.25) is 14.2 Å². The van der Waals surface area contributed by atoms with Gasteiger partial charge in [0.15, 0.2) is 5.65 Å². The maximum absolute atomic E-state index is 12.7. The van der Waals surface area contributed by atoms with E-state index < -0.39 is 11.9 Å². The fraction of sp³-hybridized carbons (Fsp3) is 0.0952. The smallest absolute Gasteiger partial charge is 0.323 e. The lowest BCUT2D eigenvalue weighted by Gasteiger charge is -2.10. The number of anilines is 3. The van der Waals surface area contributed by atoms with Gasteiger partial charge in [0, 0.05) is 24.1 Å². The molecule has 11 heteroatoms. The summed E-state index contributed by atoms with van der Waals surface area (Å²) in [5.41, 5.74) is 1.67. The molecule has 3 N–H and O–H groups in total. The van der Waals surface area contributed by atoms with E-state index in [2.05, 4.69) is 42.0 Å². The number of carbonyl (C=O) groups excluding carboxylic acids is 2. The van der Waals surface area contributed by atoms with E-state index in [1.54, 1.807) is 43.4 Å². The van der Waals surface area contributed by atoms with E-state index in [4.69, 9.17) is 0 Å². The van der Waals surface area contributed by atoms with Gasteiger partial charge in [-0.15, -0.1) is 0 Å². The van der Waals surface area contributed by atoms with Gasteiger partial charge in [-0.2, -0.15) is 5.10 Å².